The quantitative estimate of drug-likeness (QED) is 0.654. The largest absolute Gasteiger partial charge is 0.444 e. The third-order valence-electron chi connectivity index (χ3n) is 3.68. The van der Waals surface area contributed by atoms with E-state index in [2.05, 4.69) is 20.5 Å². The number of carbonyl (C=O) groups excluding carboxylic acids is 1. The van der Waals surface area contributed by atoms with Crippen molar-refractivity contribution in [2.45, 2.75) is 44.1 Å². The highest BCUT2D eigenvalue weighted by molar-refractivity contribution is 7.98. The lowest BCUT2D eigenvalue weighted by molar-refractivity contribution is 0.0494. The van der Waals surface area contributed by atoms with Crippen molar-refractivity contribution in [1.29, 1.82) is 0 Å². The monoisotopic (exact) mass is 374 g/mol. The molecule has 3 aromatic rings. The summed E-state index contributed by atoms with van der Waals surface area (Å²) >= 11 is 1.36. The molecule has 0 radical (unpaired) electrons. The van der Waals surface area contributed by atoms with Crippen molar-refractivity contribution >= 4 is 28.8 Å². The zero-order chi connectivity index (χ0) is 18.7. The zero-order valence-corrected chi connectivity index (χ0v) is 16.0. The molecular weight excluding hydrogens is 352 g/mol. The summed E-state index contributed by atoms with van der Waals surface area (Å²) in [6.07, 6.45) is 3.76. The standard InChI is InChI=1S/C18H22N4O3S/c1-18(2,3)25-16(23)20-14(15-21-22-17(24-15)26-4)9-11-10-19-13-8-6-5-7-12(11)13/h5-8,10,14,19H,9H2,1-4H3,(H,20,23)/t14-/m0/s1. The molecule has 3 rings (SSSR count). The number of aromatic amines is 1. The highest BCUT2D eigenvalue weighted by Crippen LogP contribution is 2.25. The Labute approximate surface area is 155 Å². The molecule has 0 aliphatic heterocycles. The number of fused-ring (bicyclic) bond motifs is 1. The Morgan fingerprint density at radius 1 is 1.35 bits per heavy atom. The minimum Gasteiger partial charge on any atom is -0.444 e. The molecule has 0 fully saturated rings. The van der Waals surface area contributed by atoms with Crippen molar-refractivity contribution in [3.05, 3.63) is 41.9 Å². The summed E-state index contributed by atoms with van der Waals surface area (Å²) in [5.74, 6) is 0.352. The van der Waals surface area contributed by atoms with Crippen molar-refractivity contribution < 1.29 is 13.9 Å². The number of amides is 1. The third-order valence-corrected chi connectivity index (χ3v) is 4.20. The zero-order valence-electron chi connectivity index (χ0n) is 15.2. The van der Waals surface area contributed by atoms with Crippen LogP contribution in [-0.4, -0.2) is 33.1 Å². The Hall–Kier alpha value is -2.48. The molecule has 138 valence electrons. The Bertz CT molecular complexity index is 897. The van der Waals surface area contributed by atoms with Gasteiger partial charge in [0, 0.05) is 23.5 Å². The van der Waals surface area contributed by atoms with Crippen LogP contribution < -0.4 is 5.32 Å². The molecule has 0 aliphatic carbocycles. The van der Waals surface area contributed by atoms with Crippen molar-refractivity contribution in [3.8, 4) is 0 Å². The van der Waals surface area contributed by atoms with E-state index in [4.69, 9.17) is 9.15 Å². The van der Waals surface area contributed by atoms with Gasteiger partial charge in [0.05, 0.1) is 0 Å². The molecule has 1 amide bonds. The maximum atomic E-state index is 12.3. The number of hydrogen-bond acceptors (Lipinski definition) is 6. The lowest BCUT2D eigenvalue weighted by Crippen LogP contribution is -2.36. The van der Waals surface area contributed by atoms with E-state index < -0.39 is 17.7 Å². The van der Waals surface area contributed by atoms with Crippen LogP contribution in [0.3, 0.4) is 0 Å². The second kappa shape index (κ2) is 7.41. The van der Waals surface area contributed by atoms with Crippen LogP contribution >= 0.6 is 11.8 Å². The first kappa shape index (κ1) is 18.3. The maximum Gasteiger partial charge on any atom is 0.408 e. The van der Waals surface area contributed by atoms with Gasteiger partial charge in [-0.2, -0.15) is 0 Å². The summed E-state index contributed by atoms with van der Waals surface area (Å²) < 4.78 is 11.0. The second-order valence-corrected chi connectivity index (χ2v) is 7.63. The average molecular weight is 374 g/mol. The molecule has 0 saturated carbocycles. The topological polar surface area (TPSA) is 93.0 Å². The first-order valence-corrected chi connectivity index (χ1v) is 9.50. The van der Waals surface area contributed by atoms with Gasteiger partial charge in [0.15, 0.2) is 0 Å². The van der Waals surface area contributed by atoms with Gasteiger partial charge in [-0.05, 0) is 38.7 Å². The van der Waals surface area contributed by atoms with E-state index in [0.29, 0.717) is 17.5 Å². The van der Waals surface area contributed by atoms with Gasteiger partial charge >= 0.3 is 6.09 Å². The summed E-state index contributed by atoms with van der Waals surface area (Å²) in [4.78, 5) is 15.5. The van der Waals surface area contributed by atoms with Gasteiger partial charge < -0.3 is 19.5 Å². The van der Waals surface area contributed by atoms with Crippen LogP contribution in [0.5, 0.6) is 0 Å². The molecule has 2 N–H and O–H groups in total. The lowest BCUT2D eigenvalue weighted by atomic mass is 10.1. The van der Waals surface area contributed by atoms with Crippen molar-refractivity contribution in [3.63, 3.8) is 0 Å². The summed E-state index contributed by atoms with van der Waals surface area (Å²) in [7, 11) is 0. The van der Waals surface area contributed by atoms with E-state index in [9.17, 15) is 4.79 Å². The van der Waals surface area contributed by atoms with E-state index in [-0.39, 0.29) is 0 Å². The van der Waals surface area contributed by atoms with Crippen LogP contribution in [0.25, 0.3) is 10.9 Å². The smallest absolute Gasteiger partial charge is 0.408 e. The Balaban J connectivity index is 1.86. The number of aromatic nitrogens is 3. The molecule has 7 nitrogen and oxygen atoms in total. The van der Waals surface area contributed by atoms with E-state index >= 15 is 0 Å². The highest BCUT2D eigenvalue weighted by Gasteiger charge is 2.25. The molecule has 8 heteroatoms. The first-order valence-electron chi connectivity index (χ1n) is 8.27. The highest BCUT2D eigenvalue weighted by atomic mass is 32.2. The lowest BCUT2D eigenvalue weighted by Gasteiger charge is -2.22. The molecule has 0 unspecified atom stereocenters. The normalized spacial score (nSPS) is 12.9. The number of ether oxygens (including phenoxy) is 1. The van der Waals surface area contributed by atoms with Crippen LogP contribution in [0.4, 0.5) is 4.79 Å². The number of nitrogens with zero attached hydrogens (tertiary/aromatic N) is 2. The minimum absolute atomic E-state index is 0.352. The average Bonchev–Trinajstić information content (AvgIpc) is 3.19. The molecule has 0 bridgehead atoms. The molecule has 1 aromatic carbocycles. The molecular formula is C18H22N4O3S. The number of thioether (sulfide) groups is 1. The number of benzene rings is 1. The van der Waals surface area contributed by atoms with E-state index in [1.807, 2.05) is 57.5 Å². The van der Waals surface area contributed by atoms with Gasteiger partial charge in [0.25, 0.3) is 5.22 Å². The molecule has 0 spiro atoms. The SMILES string of the molecule is CSc1nnc([C@H](Cc2c[nH]c3ccccc23)NC(=O)OC(C)(C)C)o1. The van der Waals surface area contributed by atoms with Gasteiger partial charge in [0.1, 0.15) is 11.6 Å². The Kier molecular flexibility index (Phi) is 5.22. The maximum absolute atomic E-state index is 12.3. The van der Waals surface area contributed by atoms with Crippen molar-refractivity contribution in [1.82, 2.24) is 20.5 Å². The fraction of sp³-hybridized carbons (Fsp3) is 0.389. The number of H-pyrrole nitrogens is 1. The van der Waals surface area contributed by atoms with Gasteiger partial charge in [-0.3, -0.25) is 0 Å². The van der Waals surface area contributed by atoms with Crippen LogP contribution in [0.15, 0.2) is 40.1 Å². The third kappa shape index (κ3) is 4.37. The van der Waals surface area contributed by atoms with E-state index in [0.717, 1.165) is 16.5 Å². The number of para-hydroxylation sites is 1. The van der Waals surface area contributed by atoms with Gasteiger partial charge in [-0.25, -0.2) is 4.79 Å². The predicted molar refractivity (Wildman–Crippen MR) is 100 cm³/mol. The molecule has 2 aromatic heterocycles. The molecule has 0 aliphatic rings. The number of carbonyl (C=O) groups is 1. The minimum atomic E-state index is -0.589. The predicted octanol–water partition coefficient (Wildman–Crippen LogP) is 4.08. The summed E-state index contributed by atoms with van der Waals surface area (Å²) in [6.45, 7) is 5.46. The van der Waals surface area contributed by atoms with Gasteiger partial charge in [-0.15, -0.1) is 10.2 Å². The molecule has 26 heavy (non-hydrogen) atoms. The molecule has 2 heterocycles. The summed E-state index contributed by atoms with van der Waals surface area (Å²) in [5.41, 5.74) is 1.49. The Morgan fingerprint density at radius 3 is 2.81 bits per heavy atom. The van der Waals surface area contributed by atoms with Crippen LogP contribution in [-0.2, 0) is 11.2 Å². The number of rotatable bonds is 5. The van der Waals surface area contributed by atoms with Crippen LogP contribution in [0, 0.1) is 0 Å². The van der Waals surface area contributed by atoms with E-state index in [1.54, 1.807) is 0 Å². The fourth-order valence-electron chi connectivity index (χ4n) is 2.61. The summed E-state index contributed by atoms with van der Waals surface area (Å²) in [6, 6.07) is 7.51. The number of alkyl carbamates (subject to hydrolysis) is 1. The van der Waals surface area contributed by atoms with E-state index in [1.165, 1.54) is 11.8 Å². The number of nitrogens with one attached hydrogen (secondary N) is 2. The summed E-state index contributed by atoms with van der Waals surface area (Å²) in [5, 5.41) is 12.4. The first-order chi connectivity index (χ1) is 12.4. The van der Waals surface area contributed by atoms with Crippen molar-refractivity contribution in [2.24, 2.45) is 0 Å². The second-order valence-electron chi connectivity index (χ2n) is 6.87. The fourth-order valence-corrected chi connectivity index (χ4v) is 2.91. The molecule has 1 atom stereocenters. The Morgan fingerprint density at radius 2 is 2.12 bits per heavy atom. The molecule has 0 saturated heterocycles. The van der Waals surface area contributed by atoms with Crippen LogP contribution in [0.1, 0.15) is 38.3 Å². The van der Waals surface area contributed by atoms with Gasteiger partial charge in [-0.1, -0.05) is 30.0 Å². The van der Waals surface area contributed by atoms with Crippen LogP contribution in [0.2, 0.25) is 0 Å². The van der Waals surface area contributed by atoms with Gasteiger partial charge in [0.2, 0.25) is 5.89 Å². The number of hydrogen-bond donors (Lipinski definition) is 2. The van der Waals surface area contributed by atoms with Crippen molar-refractivity contribution in [2.75, 3.05) is 6.26 Å².